The van der Waals surface area contributed by atoms with Gasteiger partial charge in [-0.05, 0) is 39.4 Å². The summed E-state index contributed by atoms with van der Waals surface area (Å²) in [7, 11) is 4.32. The Kier molecular flexibility index (Phi) is 2.70. The third kappa shape index (κ3) is 1.84. The monoisotopic (exact) mass is 245 g/mol. The molecule has 5 nitrogen and oxygen atoms in total. The van der Waals surface area contributed by atoms with Gasteiger partial charge in [0.2, 0.25) is 0 Å². The van der Waals surface area contributed by atoms with Crippen LogP contribution >= 0.6 is 0 Å². The zero-order valence-electron chi connectivity index (χ0n) is 10.9. The maximum Gasteiger partial charge on any atom is 0.157 e. The Morgan fingerprint density at radius 2 is 2.22 bits per heavy atom. The van der Waals surface area contributed by atoms with E-state index in [-0.39, 0.29) is 0 Å². The summed E-state index contributed by atoms with van der Waals surface area (Å²) < 4.78 is 1.77. The van der Waals surface area contributed by atoms with E-state index in [1.165, 1.54) is 19.3 Å². The molecular formula is C13H19N5. The van der Waals surface area contributed by atoms with Crippen LogP contribution in [0.3, 0.4) is 0 Å². The first kappa shape index (κ1) is 11.5. The highest BCUT2D eigenvalue weighted by atomic mass is 15.3. The van der Waals surface area contributed by atoms with E-state index < -0.39 is 0 Å². The molecule has 0 unspecified atom stereocenters. The fraction of sp³-hybridized carbons (Fsp3) is 0.538. The van der Waals surface area contributed by atoms with Crippen LogP contribution in [0, 0.1) is 0 Å². The fourth-order valence-electron chi connectivity index (χ4n) is 2.53. The largest absolute Gasteiger partial charge is 0.368 e. The van der Waals surface area contributed by atoms with E-state index in [0.29, 0.717) is 5.54 Å². The van der Waals surface area contributed by atoms with E-state index in [2.05, 4.69) is 34.4 Å². The highest BCUT2D eigenvalue weighted by molar-refractivity contribution is 5.45. The zero-order valence-corrected chi connectivity index (χ0v) is 10.9. The topological polar surface area (TPSA) is 45.5 Å². The van der Waals surface area contributed by atoms with Gasteiger partial charge < -0.3 is 10.2 Å². The minimum Gasteiger partial charge on any atom is -0.368 e. The first-order chi connectivity index (χ1) is 8.70. The van der Waals surface area contributed by atoms with Gasteiger partial charge in [0, 0.05) is 24.3 Å². The van der Waals surface area contributed by atoms with Crippen molar-refractivity contribution in [2.75, 3.05) is 26.0 Å². The van der Waals surface area contributed by atoms with Crippen LogP contribution in [-0.4, -0.2) is 45.7 Å². The first-order valence-corrected chi connectivity index (χ1v) is 6.41. The van der Waals surface area contributed by atoms with Crippen LogP contribution in [0.1, 0.15) is 19.3 Å². The highest BCUT2D eigenvalue weighted by Crippen LogP contribution is 2.36. The summed E-state index contributed by atoms with van der Waals surface area (Å²) in [5, 5.41) is 7.60. The van der Waals surface area contributed by atoms with Gasteiger partial charge in [-0.3, -0.25) is 0 Å². The fourth-order valence-corrected chi connectivity index (χ4v) is 2.53. The third-order valence-corrected chi connectivity index (χ3v) is 4.09. The van der Waals surface area contributed by atoms with Crippen molar-refractivity contribution in [3.05, 3.63) is 24.5 Å². The van der Waals surface area contributed by atoms with Crippen LogP contribution in [0.25, 0.3) is 5.65 Å². The minimum absolute atomic E-state index is 0.314. The van der Waals surface area contributed by atoms with Crippen LogP contribution in [-0.2, 0) is 0 Å². The number of fused-ring (bicyclic) bond motifs is 1. The lowest BCUT2D eigenvalue weighted by molar-refractivity contribution is 0.0738. The molecule has 0 amide bonds. The number of hydrogen-bond acceptors (Lipinski definition) is 4. The summed E-state index contributed by atoms with van der Waals surface area (Å²) in [5.41, 5.74) is 1.20. The lowest BCUT2D eigenvalue weighted by Gasteiger charge is -2.47. The Balaban J connectivity index is 1.72. The molecule has 18 heavy (non-hydrogen) atoms. The summed E-state index contributed by atoms with van der Waals surface area (Å²) in [6.45, 7) is 0.956. The predicted octanol–water partition coefficient (Wildman–Crippen LogP) is 1.63. The smallest absolute Gasteiger partial charge is 0.157 e. The molecule has 0 radical (unpaired) electrons. The van der Waals surface area contributed by atoms with Gasteiger partial charge in [0.15, 0.2) is 5.65 Å². The molecular weight excluding hydrogens is 226 g/mol. The molecule has 1 aliphatic carbocycles. The third-order valence-electron chi connectivity index (χ3n) is 4.09. The molecule has 0 aliphatic heterocycles. The van der Waals surface area contributed by atoms with Crippen molar-refractivity contribution < 1.29 is 0 Å². The molecule has 1 saturated carbocycles. The predicted molar refractivity (Wildman–Crippen MR) is 71.7 cm³/mol. The Hall–Kier alpha value is -1.62. The van der Waals surface area contributed by atoms with Crippen molar-refractivity contribution in [3.8, 4) is 0 Å². The lowest BCUT2D eigenvalue weighted by Crippen LogP contribution is -2.54. The summed E-state index contributed by atoms with van der Waals surface area (Å²) >= 11 is 0. The van der Waals surface area contributed by atoms with Crippen molar-refractivity contribution in [3.63, 3.8) is 0 Å². The molecule has 5 heteroatoms. The maximum absolute atomic E-state index is 4.53. The van der Waals surface area contributed by atoms with Gasteiger partial charge in [-0.15, -0.1) is 0 Å². The number of nitrogens with zero attached hydrogens (tertiary/aromatic N) is 4. The first-order valence-electron chi connectivity index (χ1n) is 6.41. The number of rotatable bonds is 4. The molecule has 0 saturated heterocycles. The number of likely N-dealkylation sites (N-methyl/N-ethyl adjacent to an activating group) is 1. The maximum atomic E-state index is 4.53. The number of nitrogens with one attached hydrogen (secondary N) is 1. The average molecular weight is 245 g/mol. The van der Waals surface area contributed by atoms with Crippen molar-refractivity contribution in [2.45, 2.75) is 24.8 Å². The Bertz CT molecular complexity index is 541. The van der Waals surface area contributed by atoms with Crippen LogP contribution in [0.2, 0.25) is 0 Å². The molecule has 96 valence electrons. The van der Waals surface area contributed by atoms with Gasteiger partial charge in [-0.1, -0.05) is 0 Å². The molecule has 0 bridgehead atoms. The van der Waals surface area contributed by atoms with E-state index in [9.17, 15) is 0 Å². The molecule has 0 aromatic carbocycles. The zero-order chi connectivity index (χ0) is 12.6. The van der Waals surface area contributed by atoms with Crippen molar-refractivity contribution in [2.24, 2.45) is 0 Å². The van der Waals surface area contributed by atoms with Crippen molar-refractivity contribution in [1.82, 2.24) is 19.5 Å². The van der Waals surface area contributed by atoms with Gasteiger partial charge in [-0.25, -0.2) is 9.50 Å². The molecule has 2 aromatic heterocycles. The molecule has 1 aliphatic rings. The molecule has 3 rings (SSSR count). The van der Waals surface area contributed by atoms with E-state index in [4.69, 9.17) is 0 Å². The van der Waals surface area contributed by atoms with Crippen molar-refractivity contribution >= 4 is 11.5 Å². The molecule has 1 fully saturated rings. The van der Waals surface area contributed by atoms with E-state index >= 15 is 0 Å². The summed E-state index contributed by atoms with van der Waals surface area (Å²) in [6.07, 6.45) is 7.56. The standard InChI is InChI=1S/C13H19N5/c1-17(2)13(6-3-7-13)10-14-11-5-9-18-12(16-11)4-8-15-18/h4-5,8-9H,3,6-7,10H2,1-2H3,(H,14,16). The average Bonchev–Trinajstić information content (AvgIpc) is 2.74. The Morgan fingerprint density at radius 1 is 1.39 bits per heavy atom. The molecule has 0 spiro atoms. The second-order valence-electron chi connectivity index (χ2n) is 5.27. The second kappa shape index (κ2) is 4.24. The van der Waals surface area contributed by atoms with Crippen LogP contribution in [0.15, 0.2) is 24.5 Å². The molecule has 0 atom stereocenters. The van der Waals surface area contributed by atoms with Gasteiger partial charge >= 0.3 is 0 Å². The van der Waals surface area contributed by atoms with E-state index in [1.807, 2.05) is 18.3 Å². The van der Waals surface area contributed by atoms with E-state index in [1.54, 1.807) is 10.7 Å². The quantitative estimate of drug-likeness (QED) is 0.889. The minimum atomic E-state index is 0.314. The number of aromatic nitrogens is 3. The lowest BCUT2D eigenvalue weighted by atomic mass is 9.75. The van der Waals surface area contributed by atoms with Crippen LogP contribution in [0.5, 0.6) is 0 Å². The van der Waals surface area contributed by atoms with E-state index in [0.717, 1.165) is 18.0 Å². The molecule has 2 heterocycles. The number of anilines is 1. The van der Waals surface area contributed by atoms with Gasteiger partial charge in [0.25, 0.3) is 0 Å². The van der Waals surface area contributed by atoms with Gasteiger partial charge in [0.1, 0.15) is 5.82 Å². The Morgan fingerprint density at radius 3 is 2.89 bits per heavy atom. The summed E-state index contributed by atoms with van der Waals surface area (Å²) in [4.78, 5) is 6.86. The van der Waals surface area contributed by atoms with Crippen LogP contribution < -0.4 is 5.32 Å². The highest BCUT2D eigenvalue weighted by Gasteiger charge is 2.38. The van der Waals surface area contributed by atoms with Crippen LogP contribution in [0.4, 0.5) is 5.82 Å². The van der Waals surface area contributed by atoms with Gasteiger partial charge in [0.05, 0.1) is 6.20 Å². The Labute approximate surface area is 107 Å². The van der Waals surface area contributed by atoms with Gasteiger partial charge in [-0.2, -0.15) is 5.10 Å². The normalized spacial score (nSPS) is 17.9. The second-order valence-corrected chi connectivity index (χ2v) is 5.27. The SMILES string of the molecule is CN(C)C1(CNc2ccn3nccc3n2)CCC1. The van der Waals surface area contributed by atoms with Crippen molar-refractivity contribution in [1.29, 1.82) is 0 Å². The number of hydrogen-bond donors (Lipinski definition) is 1. The summed E-state index contributed by atoms with van der Waals surface area (Å²) in [6, 6.07) is 3.89. The molecule has 1 N–H and O–H groups in total. The molecule has 2 aromatic rings. The summed E-state index contributed by atoms with van der Waals surface area (Å²) in [5.74, 6) is 0.927.